The average Bonchev–Trinajstić information content (AvgIpc) is 2.34. The van der Waals surface area contributed by atoms with Crippen molar-refractivity contribution in [3.8, 4) is 0 Å². The van der Waals surface area contributed by atoms with Gasteiger partial charge in [-0.1, -0.05) is 0 Å². The summed E-state index contributed by atoms with van der Waals surface area (Å²) in [6, 6.07) is 4.13. The first-order valence-corrected chi connectivity index (χ1v) is 7.88. The highest BCUT2D eigenvalue weighted by Gasteiger charge is 2.29. The van der Waals surface area contributed by atoms with Crippen LogP contribution in [0, 0.1) is 13.8 Å². The Morgan fingerprint density at radius 2 is 2.15 bits per heavy atom. The quantitative estimate of drug-likeness (QED) is 0.476. The number of nitrogens with two attached hydrogens (primary N) is 1. The molecule has 5 heteroatoms. The summed E-state index contributed by atoms with van der Waals surface area (Å²) in [7, 11) is 0. The molecule has 0 saturated heterocycles. The van der Waals surface area contributed by atoms with Crippen LogP contribution in [-0.2, 0) is 9.53 Å². The summed E-state index contributed by atoms with van der Waals surface area (Å²) < 4.78 is 4.97. The monoisotopic (exact) mass is 296 g/mol. The molecule has 4 nitrogen and oxygen atoms in total. The molecule has 0 fully saturated rings. The van der Waals surface area contributed by atoms with Crippen LogP contribution in [-0.4, -0.2) is 28.9 Å². The zero-order valence-electron chi connectivity index (χ0n) is 12.7. The van der Waals surface area contributed by atoms with Gasteiger partial charge in [-0.3, -0.25) is 4.79 Å². The Kier molecular flexibility index (Phi) is 6.49. The minimum Gasteiger partial charge on any atom is -0.465 e. The van der Waals surface area contributed by atoms with Crippen molar-refractivity contribution in [3.05, 3.63) is 23.4 Å². The van der Waals surface area contributed by atoms with E-state index in [2.05, 4.69) is 24.0 Å². The molecule has 0 spiro atoms. The van der Waals surface area contributed by atoms with Crippen LogP contribution in [0.1, 0.15) is 37.9 Å². The van der Waals surface area contributed by atoms with E-state index < -0.39 is 5.54 Å². The van der Waals surface area contributed by atoms with Crippen LogP contribution >= 0.6 is 11.8 Å². The highest BCUT2D eigenvalue weighted by molar-refractivity contribution is 7.99. The highest BCUT2D eigenvalue weighted by Crippen LogP contribution is 2.21. The van der Waals surface area contributed by atoms with Gasteiger partial charge in [0.25, 0.3) is 0 Å². The van der Waals surface area contributed by atoms with Gasteiger partial charge in [-0.05, 0) is 64.0 Å². The molecule has 0 radical (unpaired) electrons. The fourth-order valence-electron chi connectivity index (χ4n) is 1.89. The lowest BCUT2D eigenvalue weighted by Crippen LogP contribution is -2.46. The Bertz CT molecular complexity index is 441. The van der Waals surface area contributed by atoms with E-state index in [-0.39, 0.29) is 5.97 Å². The van der Waals surface area contributed by atoms with Crippen molar-refractivity contribution in [2.45, 2.75) is 51.1 Å². The second kappa shape index (κ2) is 7.64. The first-order valence-electron chi connectivity index (χ1n) is 6.89. The Morgan fingerprint density at radius 3 is 2.75 bits per heavy atom. The van der Waals surface area contributed by atoms with E-state index in [1.807, 2.05) is 6.92 Å². The number of ether oxygens (including phenoxy) is 1. The van der Waals surface area contributed by atoms with Gasteiger partial charge in [-0.15, -0.1) is 11.8 Å². The van der Waals surface area contributed by atoms with Gasteiger partial charge < -0.3 is 10.5 Å². The molecule has 1 atom stereocenters. The van der Waals surface area contributed by atoms with Gasteiger partial charge in [0.15, 0.2) is 0 Å². The van der Waals surface area contributed by atoms with Gasteiger partial charge in [0, 0.05) is 5.69 Å². The molecule has 0 aromatic carbocycles. The van der Waals surface area contributed by atoms with Crippen molar-refractivity contribution >= 4 is 17.7 Å². The Hall–Kier alpha value is -1.07. The summed E-state index contributed by atoms with van der Waals surface area (Å²) in [5.41, 5.74) is 7.33. The normalized spacial score (nSPS) is 13.8. The van der Waals surface area contributed by atoms with Crippen LogP contribution in [0.2, 0.25) is 0 Å². The van der Waals surface area contributed by atoms with Gasteiger partial charge >= 0.3 is 5.97 Å². The molecule has 0 aliphatic rings. The molecular formula is C15H24N2O2S. The van der Waals surface area contributed by atoms with E-state index >= 15 is 0 Å². The molecule has 1 aromatic rings. The minimum atomic E-state index is -0.896. The maximum Gasteiger partial charge on any atom is 0.325 e. The molecule has 1 aromatic heterocycles. The topological polar surface area (TPSA) is 65.2 Å². The first-order chi connectivity index (χ1) is 9.35. The lowest BCUT2D eigenvalue weighted by molar-refractivity contribution is -0.149. The smallest absolute Gasteiger partial charge is 0.325 e. The van der Waals surface area contributed by atoms with Crippen LogP contribution in [0.4, 0.5) is 0 Å². The number of carbonyl (C=O) groups excluding carboxylic acids is 1. The van der Waals surface area contributed by atoms with Gasteiger partial charge in [0.1, 0.15) is 5.54 Å². The highest BCUT2D eigenvalue weighted by atomic mass is 32.2. The number of nitrogens with zero attached hydrogens (tertiary/aromatic N) is 1. The second-order valence-electron chi connectivity index (χ2n) is 5.21. The standard InChI is InChI=1S/C15H24N2O2S/c1-5-19-14(18)15(4,16)7-6-8-20-13-10-11(2)9-12(3)17-13/h9-10H,5-8,16H2,1-4H3. The molecule has 0 saturated carbocycles. The Morgan fingerprint density at radius 1 is 1.45 bits per heavy atom. The first kappa shape index (κ1) is 17.0. The van der Waals surface area contributed by atoms with Crippen molar-refractivity contribution < 1.29 is 9.53 Å². The molecule has 0 aliphatic carbocycles. The van der Waals surface area contributed by atoms with Gasteiger partial charge in [0.05, 0.1) is 11.6 Å². The summed E-state index contributed by atoms with van der Waals surface area (Å²) in [6.45, 7) is 7.94. The number of aryl methyl sites for hydroxylation is 2. The largest absolute Gasteiger partial charge is 0.465 e. The predicted molar refractivity (Wildman–Crippen MR) is 82.9 cm³/mol. The third-order valence-electron chi connectivity index (χ3n) is 2.91. The fourth-order valence-corrected chi connectivity index (χ4v) is 2.87. The molecule has 112 valence electrons. The Balaban J connectivity index is 2.39. The fraction of sp³-hybridized carbons (Fsp3) is 0.600. The number of aromatic nitrogens is 1. The van der Waals surface area contributed by atoms with Crippen molar-refractivity contribution in [1.82, 2.24) is 4.98 Å². The summed E-state index contributed by atoms with van der Waals surface area (Å²) >= 11 is 1.70. The molecule has 0 amide bonds. The maximum atomic E-state index is 11.7. The lowest BCUT2D eigenvalue weighted by atomic mass is 9.98. The molecule has 0 bridgehead atoms. The average molecular weight is 296 g/mol. The van der Waals surface area contributed by atoms with Crippen molar-refractivity contribution in [2.75, 3.05) is 12.4 Å². The number of hydrogen-bond donors (Lipinski definition) is 1. The number of esters is 1. The third-order valence-corrected chi connectivity index (χ3v) is 3.90. The summed E-state index contributed by atoms with van der Waals surface area (Å²) in [5.74, 6) is 0.566. The summed E-state index contributed by atoms with van der Waals surface area (Å²) in [4.78, 5) is 16.1. The van der Waals surface area contributed by atoms with E-state index in [0.29, 0.717) is 13.0 Å². The second-order valence-corrected chi connectivity index (χ2v) is 6.33. The molecular weight excluding hydrogens is 272 g/mol. The Labute approximate surface area is 125 Å². The van der Waals surface area contributed by atoms with Crippen molar-refractivity contribution in [2.24, 2.45) is 5.73 Å². The number of pyridine rings is 1. The zero-order valence-corrected chi connectivity index (χ0v) is 13.5. The van der Waals surface area contributed by atoms with Crippen molar-refractivity contribution in [3.63, 3.8) is 0 Å². The van der Waals surface area contributed by atoms with Crippen LogP contribution in [0.3, 0.4) is 0 Å². The van der Waals surface area contributed by atoms with E-state index in [0.717, 1.165) is 22.9 Å². The third kappa shape index (κ3) is 5.51. The number of thioether (sulfide) groups is 1. The molecule has 20 heavy (non-hydrogen) atoms. The minimum absolute atomic E-state index is 0.325. The van der Waals surface area contributed by atoms with Gasteiger partial charge in [-0.25, -0.2) is 4.98 Å². The van der Waals surface area contributed by atoms with Gasteiger partial charge in [0.2, 0.25) is 0 Å². The number of hydrogen-bond acceptors (Lipinski definition) is 5. The van der Waals surface area contributed by atoms with E-state index in [1.54, 1.807) is 25.6 Å². The van der Waals surface area contributed by atoms with E-state index in [4.69, 9.17) is 10.5 Å². The van der Waals surface area contributed by atoms with E-state index in [9.17, 15) is 4.79 Å². The number of carbonyl (C=O) groups is 1. The van der Waals surface area contributed by atoms with Crippen LogP contribution in [0.15, 0.2) is 17.2 Å². The zero-order chi connectivity index (χ0) is 15.2. The SMILES string of the molecule is CCOC(=O)C(C)(N)CCCSc1cc(C)cc(C)n1. The van der Waals surface area contributed by atoms with Gasteiger partial charge in [-0.2, -0.15) is 0 Å². The van der Waals surface area contributed by atoms with E-state index in [1.165, 1.54) is 5.56 Å². The molecule has 2 N–H and O–H groups in total. The summed E-state index contributed by atoms with van der Waals surface area (Å²) in [6.07, 6.45) is 1.47. The predicted octanol–water partition coefficient (Wildman–Crippen LogP) is 2.85. The molecule has 0 aliphatic heterocycles. The molecule has 1 unspecified atom stereocenters. The molecule has 1 heterocycles. The lowest BCUT2D eigenvalue weighted by Gasteiger charge is -2.21. The molecule has 1 rings (SSSR count). The van der Waals surface area contributed by atoms with Crippen LogP contribution in [0.5, 0.6) is 0 Å². The summed E-state index contributed by atoms with van der Waals surface area (Å²) in [5, 5.41) is 1.03. The van der Waals surface area contributed by atoms with Crippen LogP contribution < -0.4 is 5.73 Å². The number of rotatable bonds is 7. The van der Waals surface area contributed by atoms with Crippen molar-refractivity contribution in [1.29, 1.82) is 0 Å². The van der Waals surface area contributed by atoms with Crippen LogP contribution in [0.25, 0.3) is 0 Å². The maximum absolute atomic E-state index is 11.7.